The van der Waals surface area contributed by atoms with Crippen LogP contribution in [-0.4, -0.2) is 54.0 Å². The van der Waals surface area contributed by atoms with Crippen molar-refractivity contribution in [2.75, 3.05) is 31.6 Å². The Bertz CT molecular complexity index is 891. The van der Waals surface area contributed by atoms with Gasteiger partial charge in [-0.25, -0.2) is 4.79 Å². The topological polar surface area (TPSA) is 61.9 Å². The van der Waals surface area contributed by atoms with Crippen molar-refractivity contribution in [2.24, 2.45) is 0 Å². The van der Waals surface area contributed by atoms with Gasteiger partial charge in [-0.05, 0) is 74.6 Å². The maximum atomic E-state index is 12.7. The first-order valence-corrected chi connectivity index (χ1v) is 10.8. The van der Waals surface area contributed by atoms with E-state index in [1.807, 2.05) is 65.3 Å². The Morgan fingerprint density at radius 1 is 1.03 bits per heavy atom. The molecule has 30 heavy (non-hydrogen) atoms. The maximum Gasteiger partial charge on any atom is 0.322 e. The quantitative estimate of drug-likeness (QED) is 0.804. The fourth-order valence-electron chi connectivity index (χ4n) is 4.18. The molecule has 0 saturated carbocycles. The number of rotatable bonds is 5. The zero-order valence-electron chi connectivity index (χ0n) is 17.5. The molecule has 1 N–H and O–H groups in total. The summed E-state index contributed by atoms with van der Waals surface area (Å²) in [6, 6.07) is 15.1. The van der Waals surface area contributed by atoms with Crippen molar-refractivity contribution in [3.8, 4) is 5.75 Å². The summed E-state index contributed by atoms with van der Waals surface area (Å²) in [6.45, 7) is 4.88. The number of anilines is 1. The van der Waals surface area contributed by atoms with Gasteiger partial charge in [0.15, 0.2) is 0 Å². The van der Waals surface area contributed by atoms with Crippen LogP contribution in [0.25, 0.3) is 0 Å². The first-order chi connectivity index (χ1) is 14.6. The molecule has 2 aromatic carbocycles. The van der Waals surface area contributed by atoms with Gasteiger partial charge in [-0.2, -0.15) is 0 Å². The molecule has 2 aliphatic heterocycles. The van der Waals surface area contributed by atoms with Gasteiger partial charge in [-0.1, -0.05) is 12.1 Å². The molecule has 158 valence electrons. The summed E-state index contributed by atoms with van der Waals surface area (Å²) in [5.41, 5.74) is 2.62. The molecule has 2 aliphatic rings. The number of carbonyl (C=O) groups excluding carboxylic acids is 2. The van der Waals surface area contributed by atoms with E-state index in [4.69, 9.17) is 4.74 Å². The Morgan fingerprint density at radius 3 is 2.53 bits per heavy atom. The SMILES string of the molecule is Cc1cccc(NC(=O)N2CCCC2COc2ccc(C(=O)N3CCCC3)cc2)c1. The van der Waals surface area contributed by atoms with E-state index in [1.54, 1.807) is 0 Å². The molecule has 2 saturated heterocycles. The number of benzene rings is 2. The van der Waals surface area contributed by atoms with Gasteiger partial charge >= 0.3 is 6.03 Å². The summed E-state index contributed by atoms with van der Waals surface area (Å²) in [6.07, 6.45) is 4.07. The second-order valence-corrected chi connectivity index (χ2v) is 8.12. The van der Waals surface area contributed by atoms with E-state index in [0.717, 1.165) is 62.3 Å². The molecule has 2 aromatic rings. The van der Waals surface area contributed by atoms with Gasteiger partial charge in [0, 0.05) is 30.9 Å². The van der Waals surface area contributed by atoms with Crippen molar-refractivity contribution in [1.29, 1.82) is 0 Å². The normalized spacial score (nSPS) is 18.5. The summed E-state index contributed by atoms with van der Waals surface area (Å²) in [7, 11) is 0. The number of nitrogens with zero attached hydrogens (tertiary/aromatic N) is 2. The molecule has 0 spiro atoms. The lowest BCUT2D eigenvalue weighted by molar-refractivity contribution is 0.0792. The zero-order chi connectivity index (χ0) is 20.9. The fraction of sp³-hybridized carbons (Fsp3) is 0.417. The number of urea groups is 1. The van der Waals surface area contributed by atoms with Crippen LogP contribution in [-0.2, 0) is 0 Å². The van der Waals surface area contributed by atoms with Crippen LogP contribution in [0.15, 0.2) is 48.5 Å². The number of carbonyl (C=O) groups is 2. The van der Waals surface area contributed by atoms with Gasteiger partial charge in [0.2, 0.25) is 0 Å². The van der Waals surface area contributed by atoms with E-state index in [1.165, 1.54) is 0 Å². The Balaban J connectivity index is 1.31. The molecule has 0 radical (unpaired) electrons. The Hall–Kier alpha value is -3.02. The van der Waals surface area contributed by atoms with E-state index in [2.05, 4.69) is 5.32 Å². The van der Waals surface area contributed by atoms with E-state index in [-0.39, 0.29) is 18.0 Å². The zero-order valence-corrected chi connectivity index (χ0v) is 17.5. The number of nitrogens with one attached hydrogen (secondary N) is 1. The van der Waals surface area contributed by atoms with Crippen LogP contribution in [0.5, 0.6) is 5.75 Å². The van der Waals surface area contributed by atoms with Crippen molar-refractivity contribution >= 4 is 17.6 Å². The molecular weight excluding hydrogens is 378 g/mol. The molecule has 1 unspecified atom stereocenters. The average Bonchev–Trinajstić information content (AvgIpc) is 3.44. The summed E-state index contributed by atoms with van der Waals surface area (Å²) in [5, 5.41) is 2.99. The standard InChI is InChI=1S/C24H29N3O3/c1-18-6-4-7-20(16-18)25-24(29)27-15-5-8-21(27)17-30-22-11-9-19(10-12-22)23(28)26-13-2-3-14-26/h4,6-7,9-12,16,21H,2-3,5,8,13-15,17H2,1H3,(H,25,29). The van der Waals surface area contributed by atoms with E-state index < -0.39 is 0 Å². The third-order valence-corrected chi connectivity index (χ3v) is 5.84. The first-order valence-electron chi connectivity index (χ1n) is 10.8. The minimum atomic E-state index is -0.0849. The molecule has 6 nitrogen and oxygen atoms in total. The Labute approximate surface area is 177 Å². The van der Waals surface area contributed by atoms with Gasteiger partial charge in [0.1, 0.15) is 12.4 Å². The molecule has 0 bridgehead atoms. The fourth-order valence-corrected chi connectivity index (χ4v) is 4.18. The number of likely N-dealkylation sites (tertiary alicyclic amines) is 2. The smallest absolute Gasteiger partial charge is 0.322 e. The molecule has 3 amide bonds. The lowest BCUT2D eigenvalue weighted by Crippen LogP contribution is -2.41. The molecule has 2 heterocycles. The molecule has 0 aliphatic carbocycles. The molecule has 2 fully saturated rings. The van der Waals surface area contributed by atoms with Crippen LogP contribution in [0.2, 0.25) is 0 Å². The maximum absolute atomic E-state index is 12.7. The first kappa shape index (κ1) is 20.3. The van der Waals surface area contributed by atoms with Gasteiger partial charge in [-0.3, -0.25) is 4.79 Å². The molecule has 6 heteroatoms. The summed E-state index contributed by atoms with van der Waals surface area (Å²) >= 11 is 0. The Kier molecular flexibility index (Phi) is 6.21. The van der Waals surface area contributed by atoms with Gasteiger partial charge in [-0.15, -0.1) is 0 Å². The minimum Gasteiger partial charge on any atom is -0.491 e. The third kappa shape index (κ3) is 4.75. The van der Waals surface area contributed by atoms with Crippen LogP contribution in [0, 0.1) is 6.92 Å². The summed E-state index contributed by atoms with van der Waals surface area (Å²) in [4.78, 5) is 28.9. The van der Waals surface area contributed by atoms with Crippen molar-refractivity contribution in [2.45, 2.75) is 38.6 Å². The van der Waals surface area contributed by atoms with Crippen LogP contribution in [0.1, 0.15) is 41.6 Å². The highest BCUT2D eigenvalue weighted by molar-refractivity contribution is 5.94. The summed E-state index contributed by atoms with van der Waals surface area (Å²) < 4.78 is 5.95. The molecule has 0 aromatic heterocycles. The highest BCUT2D eigenvalue weighted by atomic mass is 16.5. The van der Waals surface area contributed by atoms with Gasteiger partial charge < -0.3 is 19.9 Å². The third-order valence-electron chi connectivity index (χ3n) is 5.84. The van der Waals surface area contributed by atoms with Crippen molar-refractivity contribution in [3.05, 3.63) is 59.7 Å². The predicted octanol–water partition coefficient (Wildman–Crippen LogP) is 4.31. The number of ether oxygens (including phenoxy) is 1. The lowest BCUT2D eigenvalue weighted by atomic mass is 10.2. The van der Waals surface area contributed by atoms with E-state index in [0.29, 0.717) is 12.2 Å². The largest absolute Gasteiger partial charge is 0.491 e. The monoisotopic (exact) mass is 407 g/mol. The van der Waals surface area contributed by atoms with Gasteiger partial charge in [0.05, 0.1) is 6.04 Å². The number of amides is 3. The van der Waals surface area contributed by atoms with Crippen LogP contribution >= 0.6 is 0 Å². The second-order valence-electron chi connectivity index (χ2n) is 8.12. The van der Waals surface area contributed by atoms with E-state index in [9.17, 15) is 9.59 Å². The number of hydrogen-bond donors (Lipinski definition) is 1. The van der Waals surface area contributed by atoms with Gasteiger partial charge in [0.25, 0.3) is 5.91 Å². The lowest BCUT2D eigenvalue weighted by Gasteiger charge is -2.25. The summed E-state index contributed by atoms with van der Waals surface area (Å²) in [5.74, 6) is 0.813. The molecular formula is C24H29N3O3. The van der Waals surface area contributed by atoms with Crippen molar-refractivity contribution in [3.63, 3.8) is 0 Å². The molecule has 4 rings (SSSR count). The van der Waals surface area contributed by atoms with E-state index >= 15 is 0 Å². The average molecular weight is 408 g/mol. The van der Waals surface area contributed by atoms with Crippen molar-refractivity contribution in [1.82, 2.24) is 9.80 Å². The van der Waals surface area contributed by atoms with Crippen molar-refractivity contribution < 1.29 is 14.3 Å². The van der Waals surface area contributed by atoms with Crippen LogP contribution in [0.4, 0.5) is 10.5 Å². The minimum absolute atomic E-state index is 0.0423. The predicted molar refractivity (Wildman–Crippen MR) is 117 cm³/mol. The highest BCUT2D eigenvalue weighted by Gasteiger charge is 2.29. The number of hydrogen-bond acceptors (Lipinski definition) is 3. The second kappa shape index (κ2) is 9.20. The Morgan fingerprint density at radius 2 is 1.80 bits per heavy atom. The highest BCUT2D eigenvalue weighted by Crippen LogP contribution is 2.22. The van der Waals surface area contributed by atoms with Crippen LogP contribution in [0.3, 0.4) is 0 Å². The molecule has 1 atom stereocenters. The van der Waals surface area contributed by atoms with Crippen LogP contribution < -0.4 is 10.1 Å². The number of aryl methyl sites for hydroxylation is 1.